The predicted octanol–water partition coefficient (Wildman–Crippen LogP) is 2.88. The van der Waals surface area contributed by atoms with E-state index in [2.05, 4.69) is 41.4 Å². The number of rotatable bonds is 7. The van der Waals surface area contributed by atoms with Gasteiger partial charge in [0.15, 0.2) is 5.13 Å². The molecule has 0 saturated carbocycles. The van der Waals surface area contributed by atoms with Gasteiger partial charge in [-0.05, 0) is 18.4 Å². The SMILES string of the molecule is COCc1nc(N(C)C(C)Cc2cccs2)sc1CN. The zero-order valence-electron chi connectivity index (χ0n) is 12.1. The number of nitrogens with zero attached hydrogens (tertiary/aromatic N) is 2. The number of likely N-dealkylation sites (N-methyl/N-ethyl adjacent to an activating group) is 1. The lowest BCUT2D eigenvalue weighted by Gasteiger charge is -2.23. The second-order valence-corrected chi connectivity index (χ2v) is 6.84. The maximum atomic E-state index is 5.78. The largest absolute Gasteiger partial charge is 0.378 e. The van der Waals surface area contributed by atoms with Crippen LogP contribution in [0.2, 0.25) is 0 Å². The van der Waals surface area contributed by atoms with Gasteiger partial charge in [-0.25, -0.2) is 4.98 Å². The molecule has 1 unspecified atom stereocenters. The summed E-state index contributed by atoms with van der Waals surface area (Å²) in [5.74, 6) is 0. The number of hydrogen-bond donors (Lipinski definition) is 1. The number of thiophene rings is 1. The monoisotopic (exact) mass is 311 g/mol. The highest BCUT2D eigenvalue weighted by Gasteiger charge is 2.17. The van der Waals surface area contributed by atoms with Crippen molar-refractivity contribution >= 4 is 27.8 Å². The van der Waals surface area contributed by atoms with Crippen molar-refractivity contribution in [1.82, 2.24) is 4.98 Å². The average Bonchev–Trinajstić information content (AvgIpc) is 3.07. The number of aromatic nitrogens is 1. The lowest BCUT2D eigenvalue weighted by molar-refractivity contribution is 0.181. The molecule has 0 fully saturated rings. The molecule has 2 rings (SSSR count). The van der Waals surface area contributed by atoms with Gasteiger partial charge in [-0.1, -0.05) is 6.07 Å². The number of nitrogens with two attached hydrogens (primary N) is 1. The molecule has 0 saturated heterocycles. The fourth-order valence-corrected chi connectivity index (χ4v) is 3.81. The van der Waals surface area contributed by atoms with E-state index < -0.39 is 0 Å². The van der Waals surface area contributed by atoms with Crippen LogP contribution in [0.15, 0.2) is 17.5 Å². The fourth-order valence-electron chi connectivity index (χ4n) is 1.97. The number of ether oxygens (including phenoxy) is 1. The van der Waals surface area contributed by atoms with Crippen LogP contribution >= 0.6 is 22.7 Å². The number of thiazole rings is 1. The fraction of sp³-hybridized carbons (Fsp3) is 0.500. The molecule has 0 amide bonds. The first-order valence-corrected chi connectivity index (χ1v) is 8.28. The van der Waals surface area contributed by atoms with Crippen LogP contribution < -0.4 is 10.6 Å². The van der Waals surface area contributed by atoms with Crippen LogP contribution in [0.4, 0.5) is 5.13 Å². The van der Waals surface area contributed by atoms with Gasteiger partial charge in [0.05, 0.1) is 12.3 Å². The third-order valence-electron chi connectivity index (χ3n) is 3.27. The van der Waals surface area contributed by atoms with E-state index in [0.29, 0.717) is 19.2 Å². The predicted molar refractivity (Wildman–Crippen MR) is 86.6 cm³/mol. The van der Waals surface area contributed by atoms with E-state index in [0.717, 1.165) is 22.1 Å². The van der Waals surface area contributed by atoms with Crippen LogP contribution in [-0.2, 0) is 24.3 Å². The first-order valence-electron chi connectivity index (χ1n) is 6.58. The van der Waals surface area contributed by atoms with Crippen molar-refractivity contribution in [1.29, 1.82) is 0 Å². The highest BCUT2D eigenvalue weighted by molar-refractivity contribution is 7.15. The third-order valence-corrected chi connectivity index (χ3v) is 5.38. The topological polar surface area (TPSA) is 51.4 Å². The Bertz CT molecular complexity index is 525. The molecule has 0 bridgehead atoms. The van der Waals surface area contributed by atoms with Crippen LogP contribution in [0.1, 0.15) is 22.4 Å². The molecule has 2 aromatic heterocycles. The quantitative estimate of drug-likeness (QED) is 0.854. The number of methoxy groups -OCH3 is 1. The highest BCUT2D eigenvalue weighted by atomic mass is 32.1. The van der Waals surface area contributed by atoms with Crippen molar-refractivity contribution in [2.75, 3.05) is 19.1 Å². The van der Waals surface area contributed by atoms with Gasteiger partial charge >= 0.3 is 0 Å². The Morgan fingerprint density at radius 2 is 2.30 bits per heavy atom. The summed E-state index contributed by atoms with van der Waals surface area (Å²) in [5, 5.41) is 3.14. The Morgan fingerprint density at radius 3 is 2.90 bits per heavy atom. The Morgan fingerprint density at radius 1 is 1.50 bits per heavy atom. The second kappa shape index (κ2) is 7.17. The van der Waals surface area contributed by atoms with Crippen LogP contribution in [0.5, 0.6) is 0 Å². The Labute approximate surface area is 128 Å². The molecule has 0 aliphatic heterocycles. The molecule has 6 heteroatoms. The minimum atomic E-state index is 0.404. The first-order chi connectivity index (χ1) is 9.65. The Balaban J connectivity index is 2.09. The van der Waals surface area contributed by atoms with Crippen LogP contribution in [-0.4, -0.2) is 25.2 Å². The zero-order chi connectivity index (χ0) is 14.5. The first kappa shape index (κ1) is 15.4. The third kappa shape index (κ3) is 3.58. The zero-order valence-corrected chi connectivity index (χ0v) is 13.8. The molecule has 2 aromatic rings. The summed E-state index contributed by atoms with van der Waals surface area (Å²) in [4.78, 5) is 9.40. The molecular formula is C14H21N3OS2. The second-order valence-electron chi connectivity index (χ2n) is 4.75. The van der Waals surface area contributed by atoms with E-state index in [1.165, 1.54) is 4.88 Å². The summed E-state index contributed by atoms with van der Waals surface area (Å²) in [5.41, 5.74) is 6.74. The number of anilines is 1. The van der Waals surface area contributed by atoms with E-state index in [1.54, 1.807) is 29.8 Å². The van der Waals surface area contributed by atoms with E-state index in [4.69, 9.17) is 10.5 Å². The van der Waals surface area contributed by atoms with Crippen LogP contribution in [0.25, 0.3) is 0 Å². The Hall–Kier alpha value is -0.950. The van der Waals surface area contributed by atoms with E-state index in [9.17, 15) is 0 Å². The maximum absolute atomic E-state index is 5.78. The molecule has 2 N–H and O–H groups in total. The summed E-state index contributed by atoms with van der Waals surface area (Å²) in [6.07, 6.45) is 1.03. The normalized spacial score (nSPS) is 12.6. The summed E-state index contributed by atoms with van der Waals surface area (Å²) < 4.78 is 5.18. The van der Waals surface area contributed by atoms with Gasteiger partial charge in [0.2, 0.25) is 0 Å². The summed E-state index contributed by atoms with van der Waals surface area (Å²) in [6, 6.07) is 4.68. The lowest BCUT2D eigenvalue weighted by atomic mass is 10.2. The summed E-state index contributed by atoms with van der Waals surface area (Å²) in [7, 11) is 3.77. The van der Waals surface area contributed by atoms with E-state index >= 15 is 0 Å². The van der Waals surface area contributed by atoms with Gasteiger partial charge in [-0.3, -0.25) is 0 Å². The molecular weight excluding hydrogens is 290 g/mol. The molecule has 2 heterocycles. The highest BCUT2D eigenvalue weighted by Crippen LogP contribution is 2.28. The molecule has 4 nitrogen and oxygen atoms in total. The Kier molecular flexibility index (Phi) is 5.54. The molecule has 0 aliphatic rings. The molecule has 0 aliphatic carbocycles. The molecule has 1 atom stereocenters. The van der Waals surface area contributed by atoms with Crippen molar-refractivity contribution in [3.63, 3.8) is 0 Å². The van der Waals surface area contributed by atoms with Crippen molar-refractivity contribution in [2.45, 2.75) is 32.5 Å². The van der Waals surface area contributed by atoms with Crippen LogP contribution in [0, 0.1) is 0 Å². The van der Waals surface area contributed by atoms with Gasteiger partial charge < -0.3 is 15.4 Å². The van der Waals surface area contributed by atoms with Crippen molar-refractivity contribution < 1.29 is 4.74 Å². The minimum absolute atomic E-state index is 0.404. The van der Waals surface area contributed by atoms with Crippen molar-refractivity contribution in [3.8, 4) is 0 Å². The summed E-state index contributed by atoms with van der Waals surface area (Å²) in [6.45, 7) is 3.26. The van der Waals surface area contributed by atoms with E-state index in [1.807, 2.05) is 0 Å². The van der Waals surface area contributed by atoms with Crippen molar-refractivity contribution in [2.24, 2.45) is 5.73 Å². The van der Waals surface area contributed by atoms with E-state index in [-0.39, 0.29) is 0 Å². The smallest absolute Gasteiger partial charge is 0.185 e. The van der Waals surface area contributed by atoms with Gasteiger partial charge in [0.25, 0.3) is 0 Å². The molecule has 0 radical (unpaired) electrons. The minimum Gasteiger partial charge on any atom is -0.378 e. The van der Waals surface area contributed by atoms with Gasteiger partial charge in [0, 0.05) is 42.9 Å². The summed E-state index contributed by atoms with van der Waals surface area (Å²) >= 11 is 3.46. The van der Waals surface area contributed by atoms with Crippen molar-refractivity contribution in [3.05, 3.63) is 33.0 Å². The molecule has 20 heavy (non-hydrogen) atoms. The molecule has 0 spiro atoms. The average molecular weight is 311 g/mol. The molecule has 0 aromatic carbocycles. The number of hydrogen-bond acceptors (Lipinski definition) is 6. The maximum Gasteiger partial charge on any atom is 0.185 e. The molecule has 110 valence electrons. The lowest BCUT2D eigenvalue weighted by Crippen LogP contribution is -2.30. The standard InChI is InChI=1S/C14H21N3OS2/c1-10(7-11-5-4-6-19-11)17(2)14-16-12(9-18-3)13(8-15)20-14/h4-6,10H,7-9,15H2,1-3H3. The van der Waals surface area contributed by atoms with Gasteiger partial charge in [-0.15, -0.1) is 22.7 Å². The van der Waals surface area contributed by atoms with Gasteiger partial charge in [0.1, 0.15) is 0 Å². The van der Waals surface area contributed by atoms with Gasteiger partial charge in [-0.2, -0.15) is 0 Å². The van der Waals surface area contributed by atoms with Crippen LogP contribution in [0.3, 0.4) is 0 Å².